The second kappa shape index (κ2) is 6.28. The van der Waals surface area contributed by atoms with E-state index in [4.69, 9.17) is 0 Å². The van der Waals surface area contributed by atoms with Crippen molar-refractivity contribution >= 4 is 11.9 Å². The van der Waals surface area contributed by atoms with E-state index in [2.05, 4.69) is 4.98 Å². The molecule has 0 radical (unpaired) electrons. The lowest BCUT2D eigenvalue weighted by molar-refractivity contribution is -0.265. The summed E-state index contributed by atoms with van der Waals surface area (Å²) in [5, 5.41) is 0. The zero-order valence-corrected chi connectivity index (χ0v) is 16.5. The SMILES string of the molecule is FC(F)(F)C1(C(F)(F)F)CC(c2ccccn2)N(C23CC4CC(CC(C4)C2)C3)S1. The van der Waals surface area contributed by atoms with E-state index < -0.39 is 35.1 Å². The van der Waals surface area contributed by atoms with Crippen LogP contribution in [0.4, 0.5) is 26.3 Å². The number of hydrogen-bond donors (Lipinski definition) is 0. The van der Waals surface area contributed by atoms with E-state index in [1.54, 1.807) is 18.2 Å². The van der Waals surface area contributed by atoms with Gasteiger partial charge in [0.15, 0.2) is 0 Å². The summed E-state index contributed by atoms with van der Waals surface area (Å²) in [7, 11) is 0. The van der Waals surface area contributed by atoms with Gasteiger partial charge in [-0.3, -0.25) is 4.98 Å². The fourth-order valence-corrected chi connectivity index (χ4v) is 8.18. The van der Waals surface area contributed by atoms with Crippen molar-refractivity contribution in [2.24, 2.45) is 17.8 Å². The Hall–Kier alpha value is -0.960. The van der Waals surface area contributed by atoms with Gasteiger partial charge in [0.1, 0.15) is 0 Å². The van der Waals surface area contributed by atoms with Crippen LogP contribution in [0.5, 0.6) is 0 Å². The highest BCUT2D eigenvalue weighted by Gasteiger charge is 2.77. The summed E-state index contributed by atoms with van der Waals surface area (Å²) in [5.74, 6) is 1.24. The number of halogens is 6. The summed E-state index contributed by atoms with van der Waals surface area (Å²) >= 11 is 0.00674. The third-order valence-corrected chi connectivity index (χ3v) is 9.22. The molecule has 9 heteroatoms. The topological polar surface area (TPSA) is 16.1 Å². The predicted octanol–water partition coefficient (Wildman–Crippen LogP) is 6.31. The Kier molecular flexibility index (Phi) is 4.32. The van der Waals surface area contributed by atoms with Crippen molar-refractivity contribution in [1.29, 1.82) is 0 Å². The minimum Gasteiger partial charge on any atom is -0.260 e. The molecule has 29 heavy (non-hydrogen) atoms. The molecule has 1 aromatic heterocycles. The van der Waals surface area contributed by atoms with Crippen molar-refractivity contribution in [2.45, 2.75) is 73.6 Å². The largest absolute Gasteiger partial charge is 0.413 e. The molecule has 0 N–H and O–H groups in total. The second-order valence-corrected chi connectivity index (χ2v) is 10.6. The first kappa shape index (κ1) is 20.0. The maximum Gasteiger partial charge on any atom is 0.413 e. The Morgan fingerprint density at radius 3 is 1.86 bits per heavy atom. The molecule has 160 valence electrons. The highest BCUT2D eigenvalue weighted by Crippen LogP contribution is 2.69. The van der Waals surface area contributed by atoms with Gasteiger partial charge in [0, 0.05) is 18.2 Å². The van der Waals surface area contributed by atoms with Gasteiger partial charge >= 0.3 is 12.4 Å². The molecule has 1 aromatic rings. The molecular formula is C20H22F6N2S. The standard InChI is InChI=1S/C20H22F6N2S/c21-19(22,23)18(20(24,25)26)11-16(15-3-1-2-4-27-15)28(29-18)17-8-12-5-13(9-17)7-14(6-12)10-17/h1-4,12-14,16H,5-11H2. The van der Waals surface area contributed by atoms with Crippen molar-refractivity contribution in [1.82, 2.24) is 9.29 Å². The van der Waals surface area contributed by atoms with Gasteiger partial charge in [-0.25, -0.2) is 4.31 Å². The molecule has 4 saturated carbocycles. The third-order valence-electron chi connectivity index (χ3n) is 7.44. The van der Waals surface area contributed by atoms with E-state index in [0.717, 1.165) is 19.3 Å². The molecule has 5 fully saturated rings. The molecule has 4 aliphatic carbocycles. The maximum absolute atomic E-state index is 14.0. The molecule has 5 aliphatic rings. The lowest BCUT2D eigenvalue weighted by atomic mass is 9.53. The maximum atomic E-state index is 14.0. The summed E-state index contributed by atoms with van der Waals surface area (Å²) in [6.45, 7) is 0. The Bertz CT molecular complexity index is 728. The highest BCUT2D eigenvalue weighted by atomic mass is 32.2. The van der Waals surface area contributed by atoms with Crippen LogP contribution in [0.1, 0.15) is 56.7 Å². The first-order chi connectivity index (χ1) is 13.5. The van der Waals surface area contributed by atoms with Crippen molar-refractivity contribution in [3.05, 3.63) is 30.1 Å². The molecule has 4 bridgehead atoms. The van der Waals surface area contributed by atoms with Crippen LogP contribution in [0.2, 0.25) is 0 Å². The van der Waals surface area contributed by atoms with Crippen LogP contribution in [-0.4, -0.2) is 31.9 Å². The minimum atomic E-state index is -5.39. The Labute approximate surface area is 169 Å². The smallest absolute Gasteiger partial charge is 0.260 e. The number of pyridine rings is 1. The van der Waals surface area contributed by atoms with Crippen LogP contribution >= 0.6 is 11.9 Å². The van der Waals surface area contributed by atoms with Crippen LogP contribution < -0.4 is 0 Å². The Balaban J connectivity index is 1.61. The van der Waals surface area contributed by atoms with Crippen LogP contribution in [-0.2, 0) is 0 Å². The van der Waals surface area contributed by atoms with Gasteiger partial charge in [0.2, 0.25) is 4.75 Å². The molecule has 0 amide bonds. The van der Waals surface area contributed by atoms with Crippen molar-refractivity contribution in [3.63, 3.8) is 0 Å². The molecule has 1 saturated heterocycles. The first-order valence-corrected chi connectivity index (χ1v) is 10.8. The van der Waals surface area contributed by atoms with Gasteiger partial charge < -0.3 is 0 Å². The first-order valence-electron chi connectivity index (χ1n) is 10.1. The minimum absolute atomic E-state index is 0.00674. The summed E-state index contributed by atoms with van der Waals surface area (Å²) < 4.78 is 81.5. The van der Waals surface area contributed by atoms with Gasteiger partial charge in [0.25, 0.3) is 0 Å². The monoisotopic (exact) mass is 436 g/mol. The number of hydrogen-bond acceptors (Lipinski definition) is 3. The number of alkyl halides is 6. The molecule has 0 aromatic carbocycles. The molecule has 0 spiro atoms. The fourth-order valence-electron chi connectivity index (χ4n) is 6.68. The number of rotatable bonds is 2. The molecule has 2 heterocycles. The normalized spacial score (nSPS) is 39.2. The molecule has 1 unspecified atom stereocenters. The molecular weight excluding hydrogens is 414 g/mol. The molecule has 6 rings (SSSR count). The van der Waals surface area contributed by atoms with Crippen LogP contribution in [0.15, 0.2) is 24.4 Å². The van der Waals surface area contributed by atoms with E-state index in [-0.39, 0.29) is 11.9 Å². The van der Waals surface area contributed by atoms with Crippen molar-refractivity contribution < 1.29 is 26.3 Å². The van der Waals surface area contributed by atoms with Gasteiger partial charge in [-0.2, -0.15) is 26.3 Å². The van der Waals surface area contributed by atoms with Crippen LogP contribution in [0, 0.1) is 17.8 Å². The zero-order valence-electron chi connectivity index (χ0n) is 15.6. The van der Waals surface area contributed by atoms with E-state index in [1.165, 1.54) is 10.5 Å². The Morgan fingerprint density at radius 1 is 0.862 bits per heavy atom. The fraction of sp³-hybridized carbons (Fsp3) is 0.750. The van der Waals surface area contributed by atoms with Crippen LogP contribution in [0.25, 0.3) is 0 Å². The quantitative estimate of drug-likeness (QED) is 0.399. The molecule has 2 nitrogen and oxygen atoms in total. The predicted molar refractivity (Wildman–Crippen MR) is 96.8 cm³/mol. The van der Waals surface area contributed by atoms with Gasteiger partial charge in [-0.15, -0.1) is 0 Å². The second-order valence-electron chi connectivity index (χ2n) is 9.36. The van der Waals surface area contributed by atoms with Crippen molar-refractivity contribution in [3.8, 4) is 0 Å². The zero-order chi connectivity index (χ0) is 20.7. The van der Waals surface area contributed by atoms with E-state index in [0.29, 0.717) is 42.7 Å². The Morgan fingerprint density at radius 2 is 1.41 bits per heavy atom. The van der Waals surface area contributed by atoms with Gasteiger partial charge in [-0.05, 0) is 68.4 Å². The summed E-state index contributed by atoms with van der Waals surface area (Å²) in [6.07, 6.45) is -5.09. The van der Waals surface area contributed by atoms with Gasteiger partial charge in [0.05, 0.1) is 11.7 Å². The lowest BCUT2D eigenvalue weighted by Crippen LogP contribution is -2.58. The number of nitrogens with zero attached hydrogens (tertiary/aromatic N) is 2. The summed E-state index contributed by atoms with van der Waals surface area (Å²) in [6, 6.07) is 3.82. The number of aromatic nitrogens is 1. The van der Waals surface area contributed by atoms with Gasteiger partial charge in [-0.1, -0.05) is 18.0 Å². The average Bonchev–Trinajstić information content (AvgIpc) is 3.04. The van der Waals surface area contributed by atoms with E-state index in [1.807, 2.05) is 0 Å². The lowest BCUT2D eigenvalue weighted by Gasteiger charge is -2.60. The molecule has 1 atom stereocenters. The van der Waals surface area contributed by atoms with E-state index in [9.17, 15) is 26.3 Å². The molecule has 1 aliphatic heterocycles. The third kappa shape index (κ3) is 2.93. The summed E-state index contributed by atoms with van der Waals surface area (Å²) in [5.41, 5.74) is -0.300. The van der Waals surface area contributed by atoms with Crippen LogP contribution in [0.3, 0.4) is 0 Å². The highest BCUT2D eigenvalue weighted by molar-refractivity contribution is 7.98. The summed E-state index contributed by atoms with van der Waals surface area (Å²) in [4.78, 5) is 4.18. The average molecular weight is 436 g/mol. The van der Waals surface area contributed by atoms with Crippen molar-refractivity contribution in [2.75, 3.05) is 0 Å². The van der Waals surface area contributed by atoms with E-state index >= 15 is 0 Å².